The molecule has 0 atom stereocenters. The van der Waals surface area contributed by atoms with Crippen molar-refractivity contribution in [2.45, 2.75) is 40.2 Å². The van der Waals surface area contributed by atoms with Crippen LogP contribution in [0.5, 0.6) is 0 Å². The highest BCUT2D eigenvalue weighted by Gasteiger charge is 2.30. The van der Waals surface area contributed by atoms with Crippen molar-refractivity contribution in [2.75, 3.05) is 11.9 Å². The number of benzene rings is 1. The topological polar surface area (TPSA) is 70.2 Å². The van der Waals surface area contributed by atoms with Gasteiger partial charge in [0.05, 0.1) is 5.69 Å². The minimum atomic E-state index is -1.19. The van der Waals surface area contributed by atoms with E-state index in [1.165, 1.54) is 13.8 Å². The van der Waals surface area contributed by atoms with Crippen molar-refractivity contribution in [1.29, 1.82) is 0 Å². The van der Waals surface area contributed by atoms with Crippen LogP contribution in [0.25, 0.3) is 0 Å². The standard InChI is InChI=1S/C16H23F2N3O2/c1-15(2,3)9-19-13(22)16(4,5)21-14(23)20-12-7-6-10(17)8-11(12)18/h6-8H,9H2,1-5H3,(H,19,22)(H2,20,21,23). The van der Waals surface area contributed by atoms with E-state index in [9.17, 15) is 18.4 Å². The summed E-state index contributed by atoms with van der Waals surface area (Å²) in [5.41, 5.74) is -1.45. The third kappa shape index (κ3) is 6.22. The zero-order chi connectivity index (χ0) is 17.8. The molecule has 0 spiro atoms. The summed E-state index contributed by atoms with van der Waals surface area (Å²) in [6.45, 7) is 9.43. The first-order chi connectivity index (χ1) is 10.4. The number of halogens is 2. The van der Waals surface area contributed by atoms with Gasteiger partial charge in [-0.25, -0.2) is 13.6 Å². The molecule has 0 aromatic heterocycles. The Balaban J connectivity index is 2.65. The molecule has 1 aromatic carbocycles. The Bertz CT molecular complexity index is 595. The molecule has 23 heavy (non-hydrogen) atoms. The second-order valence-corrected chi connectivity index (χ2v) is 7.07. The molecule has 0 aliphatic carbocycles. The largest absolute Gasteiger partial charge is 0.354 e. The molecule has 128 valence electrons. The first kappa shape index (κ1) is 18.9. The number of carbonyl (C=O) groups is 2. The molecular formula is C16H23F2N3O2. The minimum absolute atomic E-state index is 0.0920. The summed E-state index contributed by atoms with van der Waals surface area (Å²) in [6.07, 6.45) is 0. The van der Waals surface area contributed by atoms with E-state index in [0.717, 1.165) is 12.1 Å². The Kier molecular flexibility index (Phi) is 5.69. The molecule has 0 heterocycles. The lowest BCUT2D eigenvalue weighted by Gasteiger charge is -2.27. The summed E-state index contributed by atoms with van der Waals surface area (Å²) in [6, 6.07) is 2.04. The number of hydrogen-bond donors (Lipinski definition) is 3. The van der Waals surface area contributed by atoms with Crippen LogP contribution in [0.1, 0.15) is 34.6 Å². The number of anilines is 1. The fourth-order valence-corrected chi connectivity index (χ4v) is 1.65. The van der Waals surface area contributed by atoms with Crippen LogP contribution in [0.3, 0.4) is 0 Å². The van der Waals surface area contributed by atoms with Gasteiger partial charge in [0.15, 0.2) is 0 Å². The average molecular weight is 327 g/mol. The van der Waals surface area contributed by atoms with Gasteiger partial charge in [0.2, 0.25) is 5.91 Å². The maximum atomic E-state index is 13.5. The van der Waals surface area contributed by atoms with E-state index in [1.807, 2.05) is 20.8 Å². The summed E-state index contributed by atoms with van der Waals surface area (Å²) >= 11 is 0. The minimum Gasteiger partial charge on any atom is -0.354 e. The summed E-state index contributed by atoms with van der Waals surface area (Å²) in [5.74, 6) is -1.99. The second-order valence-electron chi connectivity index (χ2n) is 7.07. The molecule has 1 aromatic rings. The number of urea groups is 1. The van der Waals surface area contributed by atoms with E-state index < -0.39 is 23.2 Å². The van der Waals surface area contributed by atoms with E-state index in [2.05, 4.69) is 16.0 Å². The molecule has 0 saturated heterocycles. The van der Waals surface area contributed by atoms with Gasteiger partial charge in [-0.1, -0.05) is 20.8 Å². The fourth-order valence-electron chi connectivity index (χ4n) is 1.65. The molecule has 0 radical (unpaired) electrons. The van der Waals surface area contributed by atoms with Gasteiger partial charge in [-0.2, -0.15) is 0 Å². The van der Waals surface area contributed by atoms with Gasteiger partial charge in [0, 0.05) is 12.6 Å². The molecule has 0 unspecified atom stereocenters. The Labute approximate surface area is 134 Å². The third-order valence-electron chi connectivity index (χ3n) is 2.95. The Morgan fingerprint density at radius 1 is 1.09 bits per heavy atom. The maximum Gasteiger partial charge on any atom is 0.320 e. The van der Waals surface area contributed by atoms with Gasteiger partial charge in [-0.3, -0.25) is 4.79 Å². The molecule has 7 heteroatoms. The van der Waals surface area contributed by atoms with Crippen molar-refractivity contribution in [2.24, 2.45) is 5.41 Å². The van der Waals surface area contributed by atoms with Crippen LogP contribution in [0, 0.1) is 17.0 Å². The van der Waals surface area contributed by atoms with Crippen LogP contribution >= 0.6 is 0 Å². The van der Waals surface area contributed by atoms with Gasteiger partial charge < -0.3 is 16.0 Å². The molecule has 0 aliphatic rings. The lowest BCUT2D eigenvalue weighted by Crippen LogP contribution is -2.56. The van der Waals surface area contributed by atoms with E-state index in [4.69, 9.17) is 0 Å². The van der Waals surface area contributed by atoms with Crippen LogP contribution in [-0.4, -0.2) is 24.0 Å². The SMILES string of the molecule is CC(C)(C)CNC(=O)C(C)(C)NC(=O)Nc1ccc(F)cc1F. The molecule has 0 bridgehead atoms. The molecule has 0 saturated carbocycles. The summed E-state index contributed by atoms with van der Waals surface area (Å²) in [7, 11) is 0. The Morgan fingerprint density at radius 3 is 2.22 bits per heavy atom. The van der Waals surface area contributed by atoms with Crippen molar-refractivity contribution in [3.8, 4) is 0 Å². The first-order valence-electron chi connectivity index (χ1n) is 7.23. The van der Waals surface area contributed by atoms with E-state index >= 15 is 0 Å². The van der Waals surface area contributed by atoms with Crippen LogP contribution in [0.4, 0.5) is 19.3 Å². The maximum absolute atomic E-state index is 13.5. The lowest BCUT2D eigenvalue weighted by molar-refractivity contribution is -0.126. The normalized spacial score (nSPS) is 11.8. The average Bonchev–Trinajstić information content (AvgIpc) is 2.37. The number of amides is 3. The summed E-state index contributed by atoms with van der Waals surface area (Å²) in [4.78, 5) is 24.0. The van der Waals surface area contributed by atoms with Gasteiger partial charge in [0.25, 0.3) is 0 Å². The van der Waals surface area contributed by atoms with Gasteiger partial charge in [-0.05, 0) is 31.4 Å². The zero-order valence-electron chi connectivity index (χ0n) is 14.0. The van der Waals surface area contributed by atoms with E-state index in [1.54, 1.807) is 0 Å². The van der Waals surface area contributed by atoms with Crippen molar-refractivity contribution in [1.82, 2.24) is 10.6 Å². The highest BCUT2D eigenvalue weighted by molar-refractivity contribution is 5.95. The molecular weight excluding hydrogens is 304 g/mol. The molecule has 5 nitrogen and oxygen atoms in total. The van der Waals surface area contributed by atoms with Crippen LogP contribution < -0.4 is 16.0 Å². The molecule has 3 amide bonds. The quantitative estimate of drug-likeness (QED) is 0.795. The summed E-state index contributed by atoms with van der Waals surface area (Å²) in [5, 5.41) is 7.46. The van der Waals surface area contributed by atoms with Crippen LogP contribution in [-0.2, 0) is 4.79 Å². The van der Waals surface area contributed by atoms with Crippen molar-refractivity contribution in [3.05, 3.63) is 29.8 Å². The van der Waals surface area contributed by atoms with Crippen LogP contribution in [0.15, 0.2) is 18.2 Å². The predicted molar refractivity (Wildman–Crippen MR) is 85.1 cm³/mol. The Morgan fingerprint density at radius 2 is 1.70 bits per heavy atom. The van der Waals surface area contributed by atoms with Crippen molar-refractivity contribution >= 4 is 17.6 Å². The molecule has 0 fully saturated rings. The van der Waals surface area contributed by atoms with Crippen LogP contribution in [0.2, 0.25) is 0 Å². The fraction of sp³-hybridized carbons (Fsp3) is 0.500. The lowest BCUT2D eigenvalue weighted by atomic mass is 9.96. The molecule has 3 N–H and O–H groups in total. The van der Waals surface area contributed by atoms with E-state index in [0.29, 0.717) is 12.6 Å². The summed E-state index contributed by atoms with van der Waals surface area (Å²) < 4.78 is 26.3. The first-order valence-corrected chi connectivity index (χ1v) is 7.23. The van der Waals surface area contributed by atoms with Gasteiger partial charge >= 0.3 is 6.03 Å². The zero-order valence-corrected chi connectivity index (χ0v) is 14.0. The number of carbonyl (C=O) groups excluding carboxylic acids is 2. The van der Waals surface area contributed by atoms with Crippen molar-refractivity contribution in [3.63, 3.8) is 0 Å². The van der Waals surface area contributed by atoms with Crippen molar-refractivity contribution < 1.29 is 18.4 Å². The van der Waals surface area contributed by atoms with E-state index in [-0.39, 0.29) is 17.0 Å². The third-order valence-corrected chi connectivity index (χ3v) is 2.95. The predicted octanol–water partition coefficient (Wildman–Crippen LogP) is 3.03. The number of nitrogens with one attached hydrogen (secondary N) is 3. The Hall–Kier alpha value is -2.18. The number of rotatable bonds is 4. The monoisotopic (exact) mass is 327 g/mol. The van der Waals surface area contributed by atoms with Gasteiger partial charge in [0.1, 0.15) is 17.2 Å². The molecule has 1 rings (SSSR count). The smallest absolute Gasteiger partial charge is 0.320 e. The molecule has 0 aliphatic heterocycles. The highest BCUT2D eigenvalue weighted by atomic mass is 19.1. The highest BCUT2D eigenvalue weighted by Crippen LogP contribution is 2.15. The van der Waals surface area contributed by atoms with Gasteiger partial charge in [-0.15, -0.1) is 0 Å². The second kappa shape index (κ2) is 6.93. The number of hydrogen-bond acceptors (Lipinski definition) is 2.